The molecule has 1 amide bonds. The van der Waals surface area contributed by atoms with Crippen molar-refractivity contribution in [3.05, 3.63) is 70.7 Å². The molecule has 1 aliphatic rings. The van der Waals surface area contributed by atoms with Crippen LogP contribution in [0.25, 0.3) is 11.3 Å². The van der Waals surface area contributed by atoms with Crippen molar-refractivity contribution in [1.29, 1.82) is 0 Å². The Kier molecular flexibility index (Phi) is 5.67. The molecule has 0 aliphatic carbocycles. The van der Waals surface area contributed by atoms with Gasteiger partial charge in [-0.1, -0.05) is 53.5 Å². The highest BCUT2D eigenvalue weighted by Gasteiger charge is 2.32. The zero-order valence-corrected chi connectivity index (χ0v) is 16.6. The van der Waals surface area contributed by atoms with E-state index in [1.54, 1.807) is 24.4 Å². The molecule has 2 aromatic carbocycles. The predicted octanol–water partition coefficient (Wildman–Crippen LogP) is 5.25. The second-order valence-corrected chi connectivity index (χ2v) is 7.57. The molecule has 4 rings (SSSR count). The van der Waals surface area contributed by atoms with Crippen LogP contribution in [-0.4, -0.2) is 28.4 Å². The predicted molar refractivity (Wildman–Crippen MR) is 110 cm³/mol. The number of nitrogens with zero attached hydrogens (tertiary/aromatic N) is 2. The molecule has 2 heterocycles. The van der Waals surface area contributed by atoms with Gasteiger partial charge in [0.2, 0.25) is 11.8 Å². The monoisotopic (exact) mass is 415 g/mol. The number of hydrogen-bond donors (Lipinski definition) is 1. The van der Waals surface area contributed by atoms with E-state index in [9.17, 15) is 4.79 Å². The van der Waals surface area contributed by atoms with Crippen LogP contribution in [0.2, 0.25) is 10.0 Å². The topological polar surface area (TPSA) is 58.4 Å². The lowest BCUT2D eigenvalue weighted by molar-refractivity contribution is -0.120. The summed E-state index contributed by atoms with van der Waals surface area (Å²) in [6.07, 6.45) is 3.45. The Labute approximate surface area is 173 Å². The van der Waals surface area contributed by atoms with Gasteiger partial charge in [-0.15, -0.1) is 0 Å². The first-order chi connectivity index (χ1) is 13.6. The molecule has 1 aromatic heterocycles. The number of carbonyl (C=O) groups excluding carboxylic acids is 1. The van der Waals surface area contributed by atoms with Crippen molar-refractivity contribution in [3.63, 3.8) is 0 Å². The summed E-state index contributed by atoms with van der Waals surface area (Å²) >= 11 is 12.1. The minimum Gasteiger partial charge on any atom is -0.439 e. The lowest BCUT2D eigenvalue weighted by atomic mass is 10.2. The van der Waals surface area contributed by atoms with Crippen molar-refractivity contribution in [2.75, 3.05) is 11.9 Å². The lowest BCUT2D eigenvalue weighted by Crippen LogP contribution is -2.39. The zero-order valence-electron chi connectivity index (χ0n) is 15.1. The molecule has 5 nitrogen and oxygen atoms in total. The van der Waals surface area contributed by atoms with E-state index in [2.05, 4.69) is 15.2 Å². The molecule has 1 fully saturated rings. The lowest BCUT2D eigenvalue weighted by Gasteiger charge is -2.22. The molecule has 1 atom stereocenters. The maximum absolute atomic E-state index is 12.8. The van der Waals surface area contributed by atoms with Gasteiger partial charge in [-0.25, -0.2) is 4.98 Å². The fourth-order valence-electron chi connectivity index (χ4n) is 3.41. The van der Waals surface area contributed by atoms with E-state index in [4.69, 9.17) is 27.6 Å². The molecular weight excluding hydrogens is 397 g/mol. The van der Waals surface area contributed by atoms with Gasteiger partial charge in [0, 0.05) is 10.6 Å². The van der Waals surface area contributed by atoms with Gasteiger partial charge in [-0.3, -0.25) is 9.69 Å². The van der Waals surface area contributed by atoms with Crippen LogP contribution >= 0.6 is 23.2 Å². The van der Waals surface area contributed by atoms with E-state index in [1.165, 1.54) is 0 Å². The Balaban J connectivity index is 1.43. The number of oxazole rings is 1. The molecule has 0 radical (unpaired) electrons. The fourth-order valence-corrected chi connectivity index (χ4v) is 3.87. The normalized spacial score (nSPS) is 17.0. The summed E-state index contributed by atoms with van der Waals surface area (Å²) in [5.41, 5.74) is 1.54. The maximum Gasteiger partial charge on any atom is 0.241 e. The molecule has 144 valence electrons. The van der Waals surface area contributed by atoms with Crippen LogP contribution in [0.1, 0.15) is 18.7 Å². The summed E-state index contributed by atoms with van der Waals surface area (Å²) in [5.74, 6) is 1.24. The smallest absolute Gasteiger partial charge is 0.241 e. The van der Waals surface area contributed by atoms with Gasteiger partial charge in [-0.2, -0.15) is 0 Å². The highest BCUT2D eigenvalue weighted by Crippen LogP contribution is 2.28. The van der Waals surface area contributed by atoms with Crippen LogP contribution in [0.4, 0.5) is 5.69 Å². The number of carbonyl (C=O) groups is 1. The van der Waals surface area contributed by atoms with Crippen LogP contribution in [-0.2, 0) is 11.3 Å². The first kappa shape index (κ1) is 19.0. The third-order valence-corrected chi connectivity index (χ3v) is 5.35. The van der Waals surface area contributed by atoms with E-state index in [1.807, 2.05) is 30.3 Å². The average molecular weight is 416 g/mol. The molecule has 0 bridgehead atoms. The highest BCUT2D eigenvalue weighted by atomic mass is 35.5. The fraction of sp³-hybridized carbons (Fsp3) is 0.238. The Morgan fingerprint density at radius 3 is 2.82 bits per heavy atom. The number of rotatable bonds is 5. The van der Waals surface area contributed by atoms with E-state index in [-0.39, 0.29) is 11.9 Å². The molecular formula is C21H19Cl2N3O2. The Morgan fingerprint density at radius 2 is 2.04 bits per heavy atom. The summed E-state index contributed by atoms with van der Waals surface area (Å²) in [6.45, 7) is 1.30. The SMILES string of the molecule is O=C(Nc1ccc(Cl)cc1Cl)C1CCCN1Cc1ncc(-c2ccccc2)o1. The summed E-state index contributed by atoms with van der Waals surface area (Å²) in [5, 5.41) is 3.86. The van der Waals surface area contributed by atoms with Crippen LogP contribution in [0.15, 0.2) is 59.1 Å². The first-order valence-corrected chi connectivity index (χ1v) is 9.86. The van der Waals surface area contributed by atoms with Gasteiger partial charge < -0.3 is 9.73 Å². The van der Waals surface area contributed by atoms with Crippen molar-refractivity contribution in [2.45, 2.75) is 25.4 Å². The molecule has 1 N–H and O–H groups in total. The number of anilines is 1. The van der Waals surface area contributed by atoms with Crippen LogP contribution in [0, 0.1) is 0 Å². The summed E-state index contributed by atoms with van der Waals surface area (Å²) in [4.78, 5) is 19.2. The van der Waals surface area contributed by atoms with Crippen molar-refractivity contribution in [2.24, 2.45) is 0 Å². The first-order valence-electron chi connectivity index (χ1n) is 9.10. The average Bonchev–Trinajstić information content (AvgIpc) is 3.35. The highest BCUT2D eigenvalue weighted by molar-refractivity contribution is 6.36. The Hall–Kier alpha value is -2.34. The third-order valence-electron chi connectivity index (χ3n) is 4.81. The number of nitrogens with one attached hydrogen (secondary N) is 1. The minimum absolute atomic E-state index is 0.0865. The molecule has 7 heteroatoms. The largest absolute Gasteiger partial charge is 0.439 e. The number of likely N-dealkylation sites (tertiary alicyclic amines) is 1. The second kappa shape index (κ2) is 8.35. The zero-order chi connectivity index (χ0) is 19.5. The third kappa shape index (κ3) is 4.22. The van der Waals surface area contributed by atoms with Gasteiger partial charge in [0.05, 0.1) is 29.5 Å². The van der Waals surface area contributed by atoms with Crippen LogP contribution in [0.3, 0.4) is 0 Å². The van der Waals surface area contributed by atoms with Crippen molar-refractivity contribution >= 4 is 34.8 Å². The summed E-state index contributed by atoms with van der Waals surface area (Å²) in [7, 11) is 0. The van der Waals surface area contributed by atoms with Gasteiger partial charge in [-0.05, 0) is 37.6 Å². The van der Waals surface area contributed by atoms with E-state index in [0.29, 0.717) is 28.2 Å². The van der Waals surface area contributed by atoms with Gasteiger partial charge >= 0.3 is 0 Å². The van der Waals surface area contributed by atoms with Crippen molar-refractivity contribution in [3.8, 4) is 11.3 Å². The number of aromatic nitrogens is 1. The van der Waals surface area contributed by atoms with E-state index >= 15 is 0 Å². The molecule has 0 saturated carbocycles. The number of halogens is 2. The molecule has 3 aromatic rings. The molecule has 0 spiro atoms. The van der Waals surface area contributed by atoms with Crippen LogP contribution in [0.5, 0.6) is 0 Å². The van der Waals surface area contributed by atoms with Crippen LogP contribution < -0.4 is 5.32 Å². The number of amides is 1. The van der Waals surface area contributed by atoms with Gasteiger partial charge in [0.25, 0.3) is 0 Å². The minimum atomic E-state index is -0.251. The number of hydrogen-bond acceptors (Lipinski definition) is 4. The molecule has 28 heavy (non-hydrogen) atoms. The van der Waals surface area contributed by atoms with E-state index in [0.717, 1.165) is 30.7 Å². The van der Waals surface area contributed by atoms with E-state index < -0.39 is 0 Å². The van der Waals surface area contributed by atoms with Gasteiger partial charge in [0.15, 0.2) is 5.76 Å². The van der Waals surface area contributed by atoms with Crippen molar-refractivity contribution in [1.82, 2.24) is 9.88 Å². The summed E-state index contributed by atoms with van der Waals surface area (Å²) in [6, 6.07) is 14.6. The molecule has 1 saturated heterocycles. The summed E-state index contributed by atoms with van der Waals surface area (Å²) < 4.78 is 5.89. The second-order valence-electron chi connectivity index (χ2n) is 6.73. The number of benzene rings is 2. The Morgan fingerprint density at radius 1 is 1.21 bits per heavy atom. The molecule has 1 unspecified atom stereocenters. The standard InChI is InChI=1S/C21H19Cl2N3O2/c22-15-8-9-17(16(23)11-15)25-21(27)18-7-4-10-26(18)13-20-24-12-19(28-20)14-5-2-1-3-6-14/h1-3,5-6,8-9,11-12,18H,4,7,10,13H2,(H,25,27). The Bertz CT molecular complexity index is 975. The quantitative estimate of drug-likeness (QED) is 0.617. The molecule has 1 aliphatic heterocycles. The maximum atomic E-state index is 12.8. The van der Waals surface area contributed by atoms with Gasteiger partial charge in [0.1, 0.15) is 0 Å². The van der Waals surface area contributed by atoms with Crippen molar-refractivity contribution < 1.29 is 9.21 Å².